The topological polar surface area (TPSA) is 58.2 Å². The minimum Gasteiger partial charge on any atom is -0.317 e. The fourth-order valence-electron chi connectivity index (χ4n) is 1.51. The Hall–Kier alpha value is -0.660. The second-order valence-electron chi connectivity index (χ2n) is 4.11. The molecule has 0 saturated carbocycles. The Kier molecular flexibility index (Phi) is 6.74. The Labute approximate surface area is 122 Å². The zero-order valence-corrected chi connectivity index (χ0v) is 13.2. The van der Waals surface area contributed by atoms with Gasteiger partial charge in [0.1, 0.15) is 5.82 Å². The molecule has 0 aliphatic carbocycles. The van der Waals surface area contributed by atoms with Crippen molar-refractivity contribution >= 4 is 31.6 Å². The third-order valence-electron chi connectivity index (χ3n) is 2.46. The fourth-order valence-corrected chi connectivity index (χ4v) is 3.06. The predicted octanol–water partition coefficient (Wildman–Crippen LogP) is 2.72. The first-order chi connectivity index (χ1) is 8.94. The van der Waals surface area contributed by atoms with Crippen molar-refractivity contribution in [3.8, 4) is 0 Å². The van der Waals surface area contributed by atoms with Gasteiger partial charge in [-0.15, -0.1) is 0 Å². The summed E-state index contributed by atoms with van der Waals surface area (Å²) in [6.07, 6.45) is 1.40. The van der Waals surface area contributed by atoms with Crippen LogP contribution in [0.15, 0.2) is 22.7 Å². The van der Waals surface area contributed by atoms with Crippen LogP contribution in [0.2, 0.25) is 0 Å². The second kappa shape index (κ2) is 7.81. The van der Waals surface area contributed by atoms with Gasteiger partial charge in [-0.2, -0.15) is 0 Å². The molecular formula is C12H18BrFN2O2S. The fraction of sp³-hybridized carbons (Fsp3) is 0.500. The van der Waals surface area contributed by atoms with Gasteiger partial charge in [0, 0.05) is 5.69 Å². The molecule has 0 fully saturated rings. The summed E-state index contributed by atoms with van der Waals surface area (Å²) >= 11 is 3.02. The van der Waals surface area contributed by atoms with Gasteiger partial charge in [0.05, 0.1) is 10.2 Å². The highest BCUT2D eigenvalue weighted by Crippen LogP contribution is 2.20. The molecule has 1 aromatic rings. The van der Waals surface area contributed by atoms with E-state index in [1.54, 1.807) is 0 Å². The van der Waals surface area contributed by atoms with Gasteiger partial charge in [-0.3, -0.25) is 4.72 Å². The number of sulfonamides is 1. The summed E-state index contributed by atoms with van der Waals surface area (Å²) in [4.78, 5) is 0. The van der Waals surface area contributed by atoms with Crippen LogP contribution in [0.4, 0.5) is 10.1 Å². The molecule has 0 atom stereocenters. The number of unbranched alkanes of at least 4 members (excludes halogenated alkanes) is 1. The lowest BCUT2D eigenvalue weighted by molar-refractivity contribution is 0.593. The highest BCUT2D eigenvalue weighted by Gasteiger charge is 2.11. The Morgan fingerprint density at radius 3 is 2.68 bits per heavy atom. The van der Waals surface area contributed by atoms with Crippen LogP contribution in [0.25, 0.3) is 0 Å². The molecule has 0 aliphatic heterocycles. The van der Waals surface area contributed by atoms with Crippen LogP contribution in [0.5, 0.6) is 0 Å². The van der Waals surface area contributed by atoms with Crippen molar-refractivity contribution in [2.24, 2.45) is 0 Å². The summed E-state index contributed by atoms with van der Waals surface area (Å²) in [5.74, 6) is -0.360. The van der Waals surface area contributed by atoms with Crippen LogP contribution in [0.3, 0.4) is 0 Å². The predicted molar refractivity (Wildman–Crippen MR) is 79.3 cm³/mol. The zero-order valence-electron chi connectivity index (χ0n) is 10.7. The van der Waals surface area contributed by atoms with Crippen molar-refractivity contribution in [3.05, 3.63) is 28.5 Å². The van der Waals surface area contributed by atoms with E-state index in [2.05, 4.69) is 26.0 Å². The number of hydrogen-bond donors (Lipinski definition) is 2. The molecule has 1 rings (SSSR count). The molecule has 0 saturated heterocycles. The summed E-state index contributed by atoms with van der Waals surface area (Å²) in [6, 6.07) is 4.02. The second-order valence-corrected chi connectivity index (χ2v) is 6.81. The number of hydrogen-bond acceptors (Lipinski definition) is 3. The lowest BCUT2D eigenvalue weighted by Gasteiger charge is -2.08. The minimum absolute atomic E-state index is 0.0629. The molecule has 0 bridgehead atoms. The van der Waals surface area contributed by atoms with Gasteiger partial charge < -0.3 is 5.32 Å². The average molecular weight is 353 g/mol. The van der Waals surface area contributed by atoms with Crippen LogP contribution in [0, 0.1) is 5.82 Å². The van der Waals surface area contributed by atoms with Gasteiger partial charge in [0.15, 0.2) is 0 Å². The summed E-state index contributed by atoms with van der Waals surface area (Å²) in [5.41, 5.74) is 0.361. The number of rotatable bonds is 8. The molecule has 0 unspecified atom stereocenters. The maximum Gasteiger partial charge on any atom is 0.232 e. The standard InChI is InChI=1S/C12H18BrFN2O2S/c1-2-15-7-3-4-8-19(17,18)16-10-5-6-12(14)11(13)9-10/h5-6,9,15-16H,2-4,7-8H2,1H3. The van der Waals surface area contributed by atoms with Crippen LogP contribution in [0.1, 0.15) is 19.8 Å². The molecule has 0 heterocycles. The number of anilines is 1. The third-order valence-corrected chi connectivity index (χ3v) is 4.44. The Morgan fingerprint density at radius 2 is 2.05 bits per heavy atom. The largest absolute Gasteiger partial charge is 0.317 e. The van der Waals surface area contributed by atoms with Gasteiger partial charge in [-0.25, -0.2) is 12.8 Å². The molecule has 19 heavy (non-hydrogen) atoms. The highest BCUT2D eigenvalue weighted by atomic mass is 79.9. The Morgan fingerprint density at radius 1 is 1.32 bits per heavy atom. The lowest BCUT2D eigenvalue weighted by Crippen LogP contribution is -2.19. The van der Waals surface area contributed by atoms with E-state index in [0.29, 0.717) is 12.1 Å². The summed E-state index contributed by atoms with van der Waals surface area (Å²) in [7, 11) is -3.37. The molecule has 0 aliphatic rings. The lowest BCUT2D eigenvalue weighted by atomic mass is 10.3. The number of halogens is 2. The van der Waals surface area contributed by atoms with Gasteiger partial charge in [0.2, 0.25) is 10.0 Å². The van der Waals surface area contributed by atoms with Gasteiger partial charge in [-0.05, 0) is 60.1 Å². The minimum atomic E-state index is -3.37. The van der Waals surface area contributed by atoms with Crippen LogP contribution >= 0.6 is 15.9 Å². The summed E-state index contributed by atoms with van der Waals surface area (Å²) in [5, 5.41) is 3.13. The maximum atomic E-state index is 13.0. The quantitative estimate of drug-likeness (QED) is 0.707. The van der Waals surface area contributed by atoms with Crippen LogP contribution in [-0.2, 0) is 10.0 Å². The third kappa shape index (κ3) is 6.35. The van der Waals surface area contributed by atoms with E-state index >= 15 is 0 Å². The van der Waals surface area contributed by atoms with E-state index in [1.807, 2.05) is 6.92 Å². The first kappa shape index (κ1) is 16.4. The van der Waals surface area contributed by atoms with E-state index in [9.17, 15) is 12.8 Å². The van der Waals surface area contributed by atoms with Crippen molar-refractivity contribution in [2.75, 3.05) is 23.6 Å². The van der Waals surface area contributed by atoms with Crippen LogP contribution < -0.4 is 10.0 Å². The molecule has 0 amide bonds. The highest BCUT2D eigenvalue weighted by molar-refractivity contribution is 9.10. The van der Waals surface area contributed by atoms with Gasteiger partial charge in [-0.1, -0.05) is 6.92 Å². The Balaban J connectivity index is 2.47. The number of benzene rings is 1. The molecule has 108 valence electrons. The monoisotopic (exact) mass is 352 g/mol. The van der Waals surface area contributed by atoms with E-state index in [-0.39, 0.29) is 10.2 Å². The normalized spacial score (nSPS) is 11.5. The molecule has 2 N–H and O–H groups in total. The molecule has 4 nitrogen and oxygen atoms in total. The van der Waals surface area contributed by atoms with Gasteiger partial charge >= 0.3 is 0 Å². The van der Waals surface area contributed by atoms with Crippen molar-refractivity contribution in [1.29, 1.82) is 0 Å². The summed E-state index contributed by atoms with van der Waals surface area (Å²) < 4.78 is 39.3. The van der Waals surface area contributed by atoms with E-state index < -0.39 is 15.8 Å². The number of nitrogens with one attached hydrogen (secondary N) is 2. The van der Waals surface area contributed by atoms with E-state index in [4.69, 9.17) is 0 Å². The van der Waals surface area contributed by atoms with E-state index in [0.717, 1.165) is 19.5 Å². The van der Waals surface area contributed by atoms with Crippen molar-refractivity contribution < 1.29 is 12.8 Å². The molecule has 0 aromatic heterocycles. The molecule has 0 radical (unpaired) electrons. The molecular weight excluding hydrogens is 335 g/mol. The van der Waals surface area contributed by atoms with Gasteiger partial charge in [0.25, 0.3) is 0 Å². The molecule has 0 spiro atoms. The van der Waals surface area contributed by atoms with Crippen molar-refractivity contribution in [2.45, 2.75) is 19.8 Å². The molecule has 7 heteroatoms. The summed E-state index contributed by atoms with van der Waals surface area (Å²) in [6.45, 7) is 3.70. The van der Waals surface area contributed by atoms with Crippen molar-refractivity contribution in [1.82, 2.24) is 5.32 Å². The SMILES string of the molecule is CCNCCCCS(=O)(=O)Nc1ccc(F)c(Br)c1. The maximum absolute atomic E-state index is 13.0. The first-order valence-electron chi connectivity index (χ1n) is 6.11. The first-order valence-corrected chi connectivity index (χ1v) is 8.55. The van der Waals surface area contributed by atoms with Crippen LogP contribution in [-0.4, -0.2) is 27.3 Å². The zero-order chi connectivity index (χ0) is 14.3. The Bertz CT molecular complexity index is 508. The smallest absolute Gasteiger partial charge is 0.232 e. The van der Waals surface area contributed by atoms with E-state index in [1.165, 1.54) is 18.2 Å². The average Bonchev–Trinajstić information content (AvgIpc) is 2.33. The van der Waals surface area contributed by atoms with Crippen molar-refractivity contribution in [3.63, 3.8) is 0 Å². The molecule has 1 aromatic carbocycles.